The number of rotatable bonds is 3. The van der Waals surface area contributed by atoms with Crippen molar-refractivity contribution >= 4 is 0 Å². The predicted molar refractivity (Wildman–Crippen MR) is 106 cm³/mol. The van der Waals surface area contributed by atoms with Crippen molar-refractivity contribution in [2.24, 2.45) is 0 Å². The molecule has 1 aromatic heterocycles. The summed E-state index contributed by atoms with van der Waals surface area (Å²) in [5.74, 6) is 0. The van der Waals surface area contributed by atoms with Crippen LogP contribution >= 0.6 is 0 Å². The summed E-state index contributed by atoms with van der Waals surface area (Å²) >= 11 is 0. The predicted octanol–water partition coefficient (Wildman–Crippen LogP) is 7.10. The average Bonchev–Trinajstić information content (AvgIpc) is 2.74. The van der Waals surface area contributed by atoms with Gasteiger partial charge in [-0.05, 0) is 52.6 Å². The van der Waals surface area contributed by atoms with Crippen LogP contribution in [-0.2, 0) is 6.18 Å². The SMILES string of the molecule is FC(F)(F)c1ccc(-c2cccc(-c3ccc(-c4ccccn4)cc3)c2)cc1. The molecule has 138 valence electrons. The van der Waals surface area contributed by atoms with E-state index in [4.69, 9.17) is 0 Å². The van der Waals surface area contributed by atoms with E-state index in [0.29, 0.717) is 0 Å². The van der Waals surface area contributed by atoms with Gasteiger partial charge in [0.1, 0.15) is 0 Å². The number of pyridine rings is 1. The van der Waals surface area contributed by atoms with Crippen LogP contribution < -0.4 is 0 Å². The third kappa shape index (κ3) is 3.81. The zero-order chi connectivity index (χ0) is 19.6. The maximum Gasteiger partial charge on any atom is 0.416 e. The Morgan fingerprint density at radius 3 is 1.64 bits per heavy atom. The Kier molecular flexibility index (Phi) is 4.70. The van der Waals surface area contributed by atoms with Crippen LogP contribution in [0.1, 0.15) is 5.56 Å². The molecule has 1 heterocycles. The monoisotopic (exact) mass is 375 g/mol. The van der Waals surface area contributed by atoms with Crippen LogP contribution in [0.5, 0.6) is 0 Å². The molecule has 0 aliphatic rings. The standard InChI is InChI=1S/C24H16F3N/c25-24(26,27)22-13-11-18(12-14-22)21-5-3-4-20(16-21)17-7-9-19(10-8-17)23-6-1-2-15-28-23/h1-16H. The molecule has 1 nitrogen and oxygen atoms in total. The molecule has 0 aliphatic heterocycles. The first-order valence-electron chi connectivity index (χ1n) is 8.80. The van der Waals surface area contributed by atoms with Crippen molar-refractivity contribution in [3.8, 4) is 33.5 Å². The van der Waals surface area contributed by atoms with Crippen LogP contribution in [0.15, 0.2) is 97.2 Å². The van der Waals surface area contributed by atoms with E-state index in [1.807, 2.05) is 66.7 Å². The lowest BCUT2D eigenvalue weighted by Crippen LogP contribution is -2.03. The third-order valence-corrected chi connectivity index (χ3v) is 4.59. The summed E-state index contributed by atoms with van der Waals surface area (Å²) in [4.78, 5) is 4.35. The van der Waals surface area contributed by atoms with Crippen LogP contribution in [0.2, 0.25) is 0 Å². The largest absolute Gasteiger partial charge is 0.416 e. The summed E-state index contributed by atoms with van der Waals surface area (Å²) in [6.45, 7) is 0. The summed E-state index contributed by atoms with van der Waals surface area (Å²) in [5.41, 5.74) is 4.96. The van der Waals surface area contributed by atoms with Gasteiger partial charge in [-0.25, -0.2) is 0 Å². The fourth-order valence-electron chi connectivity index (χ4n) is 3.10. The van der Waals surface area contributed by atoms with Crippen LogP contribution in [0.25, 0.3) is 33.5 Å². The lowest BCUT2D eigenvalue weighted by molar-refractivity contribution is -0.137. The second-order valence-electron chi connectivity index (χ2n) is 6.45. The molecule has 4 aromatic rings. The Labute approximate surface area is 161 Å². The highest BCUT2D eigenvalue weighted by Crippen LogP contribution is 2.32. The Morgan fingerprint density at radius 1 is 0.536 bits per heavy atom. The molecule has 0 radical (unpaired) electrons. The molecule has 0 unspecified atom stereocenters. The number of halogens is 3. The zero-order valence-electron chi connectivity index (χ0n) is 14.8. The molecule has 3 aromatic carbocycles. The highest BCUT2D eigenvalue weighted by Gasteiger charge is 2.29. The minimum Gasteiger partial charge on any atom is -0.256 e. The molecule has 0 aliphatic carbocycles. The lowest BCUT2D eigenvalue weighted by Gasteiger charge is -2.09. The lowest BCUT2D eigenvalue weighted by atomic mass is 9.97. The fraction of sp³-hybridized carbons (Fsp3) is 0.0417. The van der Waals surface area contributed by atoms with Crippen molar-refractivity contribution < 1.29 is 13.2 Å². The first-order valence-corrected chi connectivity index (χ1v) is 8.80. The van der Waals surface area contributed by atoms with E-state index in [1.54, 1.807) is 6.20 Å². The van der Waals surface area contributed by atoms with Crippen LogP contribution in [0.3, 0.4) is 0 Å². The maximum absolute atomic E-state index is 12.8. The van der Waals surface area contributed by atoms with Crippen molar-refractivity contribution in [2.75, 3.05) is 0 Å². The topological polar surface area (TPSA) is 12.9 Å². The quantitative estimate of drug-likeness (QED) is 0.372. The van der Waals surface area contributed by atoms with Gasteiger partial charge in [0.2, 0.25) is 0 Å². The minimum absolute atomic E-state index is 0.641. The number of alkyl halides is 3. The number of hydrogen-bond acceptors (Lipinski definition) is 1. The Hall–Kier alpha value is -3.40. The van der Waals surface area contributed by atoms with Crippen molar-refractivity contribution in [1.82, 2.24) is 4.98 Å². The molecule has 0 amide bonds. The van der Waals surface area contributed by atoms with Crippen molar-refractivity contribution in [3.05, 3.63) is 103 Å². The van der Waals surface area contributed by atoms with Gasteiger partial charge >= 0.3 is 6.18 Å². The van der Waals surface area contributed by atoms with Crippen LogP contribution in [-0.4, -0.2) is 4.98 Å². The van der Waals surface area contributed by atoms with E-state index >= 15 is 0 Å². The third-order valence-electron chi connectivity index (χ3n) is 4.59. The molecule has 0 atom stereocenters. The smallest absolute Gasteiger partial charge is 0.256 e. The number of nitrogens with zero attached hydrogens (tertiary/aromatic N) is 1. The van der Waals surface area contributed by atoms with E-state index in [0.717, 1.165) is 45.6 Å². The van der Waals surface area contributed by atoms with Gasteiger partial charge < -0.3 is 0 Å². The normalized spacial score (nSPS) is 11.4. The second kappa shape index (κ2) is 7.31. The maximum atomic E-state index is 12.8. The van der Waals surface area contributed by atoms with E-state index in [1.165, 1.54) is 12.1 Å². The summed E-state index contributed by atoms with van der Waals surface area (Å²) in [7, 11) is 0. The van der Waals surface area contributed by atoms with E-state index in [-0.39, 0.29) is 0 Å². The second-order valence-corrected chi connectivity index (χ2v) is 6.45. The van der Waals surface area contributed by atoms with Gasteiger partial charge in [0.05, 0.1) is 11.3 Å². The molecule has 0 fully saturated rings. The number of hydrogen-bond donors (Lipinski definition) is 0. The van der Waals surface area contributed by atoms with Crippen molar-refractivity contribution in [1.29, 1.82) is 0 Å². The number of benzene rings is 3. The fourth-order valence-corrected chi connectivity index (χ4v) is 3.10. The molecule has 4 heteroatoms. The van der Waals surface area contributed by atoms with E-state index in [2.05, 4.69) is 4.98 Å². The summed E-state index contributed by atoms with van der Waals surface area (Å²) < 4.78 is 38.3. The highest BCUT2D eigenvalue weighted by atomic mass is 19.4. The van der Waals surface area contributed by atoms with Crippen molar-refractivity contribution in [2.45, 2.75) is 6.18 Å². The Morgan fingerprint density at radius 2 is 1.11 bits per heavy atom. The average molecular weight is 375 g/mol. The summed E-state index contributed by atoms with van der Waals surface area (Å²) in [5, 5.41) is 0. The van der Waals surface area contributed by atoms with E-state index in [9.17, 15) is 13.2 Å². The van der Waals surface area contributed by atoms with Gasteiger partial charge in [-0.1, -0.05) is 60.7 Å². The molecular formula is C24H16F3N. The van der Waals surface area contributed by atoms with Crippen LogP contribution in [0.4, 0.5) is 13.2 Å². The van der Waals surface area contributed by atoms with Gasteiger partial charge in [0.15, 0.2) is 0 Å². The summed E-state index contributed by atoms with van der Waals surface area (Å²) in [6, 6.07) is 26.9. The minimum atomic E-state index is -4.32. The van der Waals surface area contributed by atoms with Crippen LogP contribution in [0, 0.1) is 0 Å². The van der Waals surface area contributed by atoms with Gasteiger partial charge in [0.25, 0.3) is 0 Å². The Bertz CT molecular complexity index is 1070. The van der Waals surface area contributed by atoms with Gasteiger partial charge in [-0.2, -0.15) is 13.2 Å². The van der Waals surface area contributed by atoms with E-state index < -0.39 is 11.7 Å². The molecule has 0 saturated carbocycles. The molecule has 4 rings (SSSR count). The molecule has 0 N–H and O–H groups in total. The summed E-state index contributed by atoms with van der Waals surface area (Å²) in [6.07, 6.45) is -2.56. The molecular weight excluding hydrogens is 359 g/mol. The molecule has 28 heavy (non-hydrogen) atoms. The number of aromatic nitrogens is 1. The highest BCUT2D eigenvalue weighted by molar-refractivity contribution is 5.74. The first-order chi connectivity index (χ1) is 13.5. The zero-order valence-corrected chi connectivity index (χ0v) is 14.8. The van der Waals surface area contributed by atoms with Gasteiger partial charge in [0, 0.05) is 11.8 Å². The van der Waals surface area contributed by atoms with Crippen molar-refractivity contribution in [3.63, 3.8) is 0 Å². The molecule has 0 spiro atoms. The van der Waals surface area contributed by atoms with Gasteiger partial charge in [-0.15, -0.1) is 0 Å². The molecule has 0 saturated heterocycles. The molecule has 0 bridgehead atoms. The Balaban J connectivity index is 1.62. The first kappa shape index (κ1) is 18.0. The van der Waals surface area contributed by atoms with Gasteiger partial charge in [-0.3, -0.25) is 4.98 Å².